The average molecular weight is 478 g/mol. The van der Waals surface area contributed by atoms with Crippen molar-refractivity contribution in [1.29, 1.82) is 0 Å². The van der Waals surface area contributed by atoms with Crippen molar-refractivity contribution in [3.63, 3.8) is 0 Å². The van der Waals surface area contributed by atoms with Crippen molar-refractivity contribution in [3.05, 3.63) is 65.2 Å². The molecule has 0 bridgehead atoms. The van der Waals surface area contributed by atoms with E-state index in [1.165, 1.54) is 0 Å². The molecule has 7 nitrogen and oxygen atoms in total. The summed E-state index contributed by atoms with van der Waals surface area (Å²) in [5.41, 5.74) is 2.07. The number of nitrogens with one attached hydrogen (secondary N) is 1. The Kier molecular flexibility index (Phi) is 8.06. The molecule has 0 radical (unpaired) electrons. The number of piperidine rings is 2. The van der Waals surface area contributed by atoms with Crippen LogP contribution in [0.5, 0.6) is 5.75 Å². The molecule has 2 saturated heterocycles. The van der Waals surface area contributed by atoms with E-state index < -0.39 is 6.04 Å². The lowest BCUT2D eigenvalue weighted by molar-refractivity contribution is -0.136. The van der Waals surface area contributed by atoms with Crippen LogP contribution in [-0.2, 0) is 4.79 Å². The zero-order valence-electron chi connectivity index (χ0n) is 20.7. The minimum atomic E-state index is -0.589. The smallest absolute Gasteiger partial charge is 0.253 e. The summed E-state index contributed by atoms with van der Waals surface area (Å²) in [6, 6.07) is 14.0. The first-order valence-electron chi connectivity index (χ1n) is 12.6. The fourth-order valence-corrected chi connectivity index (χ4v) is 5.11. The Morgan fingerprint density at radius 3 is 2.31 bits per heavy atom. The Morgan fingerprint density at radius 2 is 1.63 bits per heavy atom. The third kappa shape index (κ3) is 5.84. The third-order valence-corrected chi connectivity index (χ3v) is 7.22. The zero-order chi connectivity index (χ0) is 24.8. The van der Waals surface area contributed by atoms with Gasteiger partial charge in [-0.2, -0.15) is 0 Å². The van der Waals surface area contributed by atoms with E-state index in [2.05, 4.69) is 5.32 Å². The minimum absolute atomic E-state index is 0.00389. The van der Waals surface area contributed by atoms with E-state index in [0.717, 1.165) is 37.9 Å². The first kappa shape index (κ1) is 24.8. The molecule has 2 fully saturated rings. The fraction of sp³-hybridized carbons (Fsp3) is 0.464. The number of carbonyl (C=O) groups excluding carboxylic acids is 3. The number of rotatable bonds is 6. The number of benzene rings is 2. The molecular weight excluding hydrogens is 442 g/mol. The summed E-state index contributed by atoms with van der Waals surface area (Å²) in [6.07, 6.45) is 4.45. The molecule has 1 atom stereocenters. The Labute approximate surface area is 207 Å². The Morgan fingerprint density at radius 1 is 0.914 bits per heavy atom. The average Bonchev–Trinajstić information content (AvgIpc) is 2.91. The molecule has 0 saturated carbocycles. The summed E-state index contributed by atoms with van der Waals surface area (Å²) < 4.78 is 5.25. The molecule has 3 amide bonds. The van der Waals surface area contributed by atoms with Gasteiger partial charge in [0.25, 0.3) is 11.8 Å². The van der Waals surface area contributed by atoms with Crippen LogP contribution in [0.1, 0.15) is 58.4 Å². The fourth-order valence-electron chi connectivity index (χ4n) is 5.11. The lowest BCUT2D eigenvalue weighted by Gasteiger charge is -2.38. The number of aryl methyl sites for hydroxylation is 1. The topological polar surface area (TPSA) is 79.0 Å². The maximum atomic E-state index is 13.6. The Balaban J connectivity index is 1.47. The van der Waals surface area contributed by atoms with Gasteiger partial charge < -0.3 is 19.9 Å². The van der Waals surface area contributed by atoms with E-state index in [4.69, 9.17) is 4.74 Å². The standard InChI is InChI=1S/C28H35N3O4/c1-20-9-4-5-12-24(20)26(32)29-25(28(34)30-15-6-3-7-16-30)21-13-17-31(18-14-21)27(33)22-10-8-11-23(19-22)35-2/h4-5,8-12,19,21,25H,3,6-7,13-18H2,1-2H3,(H,29,32)/t25-/m1/s1. The molecule has 2 heterocycles. The van der Waals surface area contributed by atoms with E-state index in [9.17, 15) is 14.4 Å². The van der Waals surface area contributed by atoms with Crippen LogP contribution in [0.3, 0.4) is 0 Å². The van der Waals surface area contributed by atoms with Gasteiger partial charge in [0.1, 0.15) is 11.8 Å². The number of nitrogens with zero attached hydrogens (tertiary/aromatic N) is 2. The van der Waals surface area contributed by atoms with Gasteiger partial charge in [-0.25, -0.2) is 0 Å². The van der Waals surface area contributed by atoms with Crippen molar-refractivity contribution in [1.82, 2.24) is 15.1 Å². The highest BCUT2D eigenvalue weighted by Crippen LogP contribution is 2.26. The highest BCUT2D eigenvalue weighted by Gasteiger charge is 2.36. The van der Waals surface area contributed by atoms with Gasteiger partial charge in [0, 0.05) is 37.3 Å². The molecule has 2 aliphatic heterocycles. The first-order valence-corrected chi connectivity index (χ1v) is 12.6. The summed E-state index contributed by atoms with van der Waals surface area (Å²) >= 11 is 0. The molecule has 0 spiro atoms. The van der Waals surface area contributed by atoms with E-state index in [0.29, 0.717) is 42.8 Å². The number of hydrogen-bond donors (Lipinski definition) is 1. The van der Waals surface area contributed by atoms with Crippen molar-refractivity contribution < 1.29 is 19.1 Å². The van der Waals surface area contributed by atoms with E-state index in [-0.39, 0.29) is 23.6 Å². The maximum Gasteiger partial charge on any atom is 0.253 e. The van der Waals surface area contributed by atoms with Gasteiger partial charge in [-0.05, 0) is 74.8 Å². The number of likely N-dealkylation sites (tertiary alicyclic amines) is 2. The van der Waals surface area contributed by atoms with Crippen LogP contribution in [0.4, 0.5) is 0 Å². The van der Waals surface area contributed by atoms with Crippen LogP contribution in [0, 0.1) is 12.8 Å². The lowest BCUT2D eigenvalue weighted by atomic mass is 9.87. The number of carbonyl (C=O) groups is 3. The summed E-state index contributed by atoms with van der Waals surface area (Å²) in [4.78, 5) is 43.5. The zero-order valence-corrected chi connectivity index (χ0v) is 20.7. The molecule has 2 aliphatic rings. The molecule has 4 rings (SSSR count). The summed E-state index contributed by atoms with van der Waals surface area (Å²) in [5, 5.41) is 3.08. The molecule has 7 heteroatoms. The van der Waals surface area contributed by atoms with Crippen LogP contribution >= 0.6 is 0 Å². The first-order chi connectivity index (χ1) is 17.0. The van der Waals surface area contributed by atoms with Crippen LogP contribution in [0.2, 0.25) is 0 Å². The number of methoxy groups -OCH3 is 1. The van der Waals surface area contributed by atoms with Gasteiger partial charge >= 0.3 is 0 Å². The molecule has 35 heavy (non-hydrogen) atoms. The lowest BCUT2D eigenvalue weighted by Crippen LogP contribution is -2.55. The number of hydrogen-bond acceptors (Lipinski definition) is 4. The highest BCUT2D eigenvalue weighted by atomic mass is 16.5. The predicted octanol–water partition coefficient (Wildman–Crippen LogP) is 3.67. The summed E-state index contributed by atoms with van der Waals surface area (Å²) in [6.45, 7) is 4.47. The number of ether oxygens (including phenoxy) is 1. The van der Waals surface area contributed by atoms with Crippen LogP contribution in [-0.4, -0.2) is 66.9 Å². The molecule has 1 N–H and O–H groups in total. The van der Waals surface area contributed by atoms with Gasteiger partial charge in [-0.3, -0.25) is 14.4 Å². The SMILES string of the molecule is COc1cccc(C(=O)N2CCC([C@@H](NC(=O)c3ccccc3C)C(=O)N3CCCCC3)CC2)c1. The monoisotopic (exact) mass is 477 g/mol. The number of amides is 3. The second-order valence-corrected chi connectivity index (χ2v) is 9.51. The summed E-state index contributed by atoms with van der Waals surface area (Å²) in [7, 11) is 1.58. The molecule has 0 aliphatic carbocycles. The minimum Gasteiger partial charge on any atom is -0.497 e. The normalized spacial score (nSPS) is 17.5. The van der Waals surface area contributed by atoms with E-state index in [1.807, 2.05) is 47.1 Å². The van der Waals surface area contributed by atoms with Crippen LogP contribution in [0.25, 0.3) is 0 Å². The third-order valence-electron chi connectivity index (χ3n) is 7.22. The molecule has 2 aromatic rings. The quantitative estimate of drug-likeness (QED) is 0.689. The Bertz CT molecular complexity index is 1060. The van der Waals surface area contributed by atoms with Gasteiger partial charge in [-0.15, -0.1) is 0 Å². The molecule has 0 unspecified atom stereocenters. The van der Waals surface area contributed by atoms with Gasteiger partial charge in [0.15, 0.2) is 0 Å². The highest BCUT2D eigenvalue weighted by molar-refractivity contribution is 5.99. The largest absolute Gasteiger partial charge is 0.497 e. The van der Waals surface area contributed by atoms with Gasteiger partial charge in [-0.1, -0.05) is 24.3 Å². The Hall–Kier alpha value is -3.35. The van der Waals surface area contributed by atoms with E-state index >= 15 is 0 Å². The van der Waals surface area contributed by atoms with Crippen molar-refractivity contribution in [2.45, 2.75) is 45.1 Å². The van der Waals surface area contributed by atoms with E-state index in [1.54, 1.807) is 25.3 Å². The van der Waals surface area contributed by atoms with Gasteiger partial charge in [0.05, 0.1) is 7.11 Å². The van der Waals surface area contributed by atoms with Crippen molar-refractivity contribution >= 4 is 17.7 Å². The summed E-state index contributed by atoms with van der Waals surface area (Å²) in [5.74, 6) is 0.381. The van der Waals surface area contributed by atoms with Gasteiger partial charge in [0.2, 0.25) is 5.91 Å². The second-order valence-electron chi connectivity index (χ2n) is 9.51. The predicted molar refractivity (Wildman–Crippen MR) is 134 cm³/mol. The molecule has 186 valence electrons. The van der Waals surface area contributed by atoms with Crippen molar-refractivity contribution in [2.75, 3.05) is 33.3 Å². The molecular formula is C28H35N3O4. The van der Waals surface area contributed by atoms with Crippen molar-refractivity contribution in [3.8, 4) is 5.75 Å². The van der Waals surface area contributed by atoms with Crippen LogP contribution in [0.15, 0.2) is 48.5 Å². The molecule has 0 aromatic heterocycles. The maximum absolute atomic E-state index is 13.6. The molecule has 2 aromatic carbocycles. The second kappa shape index (κ2) is 11.4. The van der Waals surface area contributed by atoms with Crippen molar-refractivity contribution in [2.24, 2.45) is 5.92 Å². The van der Waals surface area contributed by atoms with Crippen LogP contribution < -0.4 is 10.1 Å².